The summed E-state index contributed by atoms with van der Waals surface area (Å²) in [6.07, 6.45) is 7.69. The lowest BCUT2D eigenvalue weighted by atomic mass is 10.4. The minimum absolute atomic E-state index is 0.145. The van der Waals surface area contributed by atoms with E-state index < -0.39 is 10.9 Å². The fraction of sp³-hybridized carbons (Fsp3) is 0.0909. The van der Waals surface area contributed by atoms with Crippen LogP contribution in [0.1, 0.15) is 5.69 Å². The maximum Gasteiger partial charge on any atom is 0.449 e. The molecule has 86 valence electrons. The van der Waals surface area contributed by atoms with Crippen molar-refractivity contribution in [2.75, 3.05) is 5.75 Å². The molecule has 0 spiro atoms. The van der Waals surface area contributed by atoms with Gasteiger partial charge in [-0.1, -0.05) is 0 Å². The van der Waals surface area contributed by atoms with Crippen LogP contribution in [-0.2, 0) is 10.9 Å². The zero-order valence-corrected chi connectivity index (χ0v) is 9.78. The number of carbonyl (C=O) groups is 1. The second-order valence-corrected chi connectivity index (χ2v) is 5.60. The third-order valence-electron chi connectivity index (χ3n) is 2.71. The molecule has 0 saturated heterocycles. The predicted molar refractivity (Wildman–Crippen MR) is 69.3 cm³/mol. The van der Waals surface area contributed by atoms with Crippen LogP contribution in [0.15, 0.2) is 40.0 Å². The monoisotopic (exact) mass is 247 g/mol. The van der Waals surface area contributed by atoms with Crippen LogP contribution in [0.4, 0.5) is 4.79 Å². The third-order valence-corrected chi connectivity index (χ3v) is 4.62. The number of aromatic nitrogens is 1. The summed E-state index contributed by atoms with van der Waals surface area (Å²) in [6, 6.07) is 3.92. The molecule has 3 heterocycles. The van der Waals surface area contributed by atoms with E-state index in [-0.39, 0.29) is 5.24 Å². The van der Waals surface area contributed by atoms with Gasteiger partial charge >= 0.3 is 5.24 Å². The van der Waals surface area contributed by atoms with E-state index in [4.69, 9.17) is 5.84 Å². The van der Waals surface area contributed by atoms with Gasteiger partial charge in [0.2, 0.25) is 4.91 Å². The van der Waals surface area contributed by atoms with Crippen molar-refractivity contribution in [1.29, 1.82) is 0 Å². The molecule has 0 saturated carbocycles. The zero-order valence-electron chi connectivity index (χ0n) is 8.96. The smallest absolute Gasteiger partial charge is 0.317 e. The topological polar surface area (TPSA) is 72.4 Å². The molecule has 5 nitrogen and oxygen atoms in total. The lowest BCUT2D eigenvalue weighted by Gasteiger charge is -2.01. The van der Waals surface area contributed by atoms with Gasteiger partial charge in [-0.25, -0.2) is 21.1 Å². The Morgan fingerprint density at radius 3 is 3.29 bits per heavy atom. The van der Waals surface area contributed by atoms with E-state index >= 15 is 0 Å². The number of nitrogens with one attached hydrogen (secondary N) is 1. The summed E-state index contributed by atoms with van der Waals surface area (Å²) in [5.41, 5.74) is 4.10. The molecular formula is C11H11N4OS+. The molecule has 17 heavy (non-hydrogen) atoms. The van der Waals surface area contributed by atoms with Gasteiger partial charge in [0.15, 0.2) is 0 Å². The van der Waals surface area contributed by atoms with Crippen LogP contribution in [-0.4, -0.2) is 21.8 Å². The third kappa shape index (κ3) is 1.62. The van der Waals surface area contributed by atoms with Crippen molar-refractivity contribution in [3.05, 3.63) is 40.7 Å². The zero-order chi connectivity index (χ0) is 11.8. The highest BCUT2D eigenvalue weighted by molar-refractivity contribution is 8.14. The van der Waals surface area contributed by atoms with Crippen molar-refractivity contribution in [2.45, 2.75) is 0 Å². The van der Waals surface area contributed by atoms with Gasteiger partial charge in [0.1, 0.15) is 22.3 Å². The molecule has 0 fully saturated rings. The fourth-order valence-electron chi connectivity index (χ4n) is 1.87. The van der Waals surface area contributed by atoms with E-state index in [1.165, 1.54) is 0 Å². The van der Waals surface area contributed by atoms with Crippen molar-refractivity contribution >= 4 is 28.5 Å². The van der Waals surface area contributed by atoms with E-state index in [9.17, 15) is 4.79 Å². The Labute approximate surface area is 101 Å². The lowest BCUT2D eigenvalue weighted by Crippen LogP contribution is -2.35. The number of nitrogens with two attached hydrogens (primary N) is 1. The van der Waals surface area contributed by atoms with E-state index in [2.05, 4.69) is 10.4 Å². The Bertz CT molecular complexity index is 570. The summed E-state index contributed by atoms with van der Waals surface area (Å²) < 4.78 is 1.97. The highest BCUT2D eigenvalue weighted by Gasteiger charge is 2.41. The SMILES string of the molecule is NNC(=O)[S+]1CC=C2N=Cc3cccn3C=C21. The Balaban J connectivity index is 2.06. The van der Waals surface area contributed by atoms with Crippen LogP contribution in [0.2, 0.25) is 0 Å². The van der Waals surface area contributed by atoms with Crippen LogP contribution >= 0.6 is 0 Å². The van der Waals surface area contributed by atoms with Crippen LogP contribution < -0.4 is 11.3 Å². The first kappa shape index (κ1) is 10.4. The van der Waals surface area contributed by atoms with Crippen LogP contribution in [0.25, 0.3) is 6.20 Å². The van der Waals surface area contributed by atoms with Gasteiger partial charge in [0.05, 0.1) is 18.1 Å². The van der Waals surface area contributed by atoms with Gasteiger partial charge in [0.25, 0.3) is 0 Å². The summed E-state index contributed by atoms with van der Waals surface area (Å²) >= 11 is 0. The van der Waals surface area contributed by atoms with Crippen molar-refractivity contribution in [3.8, 4) is 0 Å². The van der Waals surface area contributed by atoms with Crippen molar-refractivity contribution in [1.82, 2.24) is 9.99 Å². The van der Waals surface area contributed by atoms with Gasteiger partial charge in [0, 0.05) is 6.20 Å². The molecular weight excluding hydrogens is 236 g/mol. The Hall–Kier alpha value is -1.79. The normalized spacial score (nSPS) is 21.1. The molecule has 3 rings (SSSR count). The van der Waals surface area contributed by atoms with E-state index in [0.29, 0.717) is 5.75 Å². The minimum Gasteiger partial charge on any atom is -0.317 e. The highest BCUT2D eigenvalue weighted by Crippen LogP contribution is 2.31. The number of hydrogen-bond donors (Lipinski definition) is 2. The Morgan fingerprint density at radius 1 is 1.59 bits per heavy atom. The maximum absolute atomic E-state index is 11.7. The number of hydrogen-bond acceptors (Lipinski definition) is 3. The standard InChI is InChI=1S/C11H10N4OS/c12-14-11(16)17-5-3-9-10(17)7-15-4-1-2-8(15)6-13-9/h1-4,6-7H,5,12H2/p+1. The van der Waals surface area contributed by atoms with E-state index in [1.807, 2.05) is 41.4 Å². The summed E-state index contributed by atoms with van der Waals surface area (Å²) in [7, 11) is -0.532. The molecule has 3 N–H and O–H groups in total. The van der Waals surface area contributed by atoms with Crippen molar-refractivity contribution in [2.24, 2.45) is 10.8 Å². The molecule has 1 aromatic rings. The first-order chi connectivity index (χ1) is 8.29. The second-order valence-electron chi connectivity index (χ2n) is 3.67. The van der Waals surface area contributed by atoms with Crippen LogP contribution in [0, 0.1) is 0 Å². The first-order valence-electron chi connectivity index (χ1n) is 5.14. The first-order valence-corrected chi connectivity index (χ1v) is 6.53. The fourth-order valence-corrected chi connectivity index (χ4v) is 3.49. The lowest BCUT2D eigenvalue weighted by molar-refractivity contribution is 0.260. The quantitative estimate of drug-likeness (QED) is 0.308. The van der Waals surface area contributed by atoms with Gasteiger partial charge in [-0.15, -0.1) is 0 Å². The molecule has 2 aliphatic heterocycles. The summed E-state index contributed by atoms with van der Waals surface area (Å²) in [5, 5.41) is -0.145. The Morgan fingerprint density at radius 2 is 2.47 bits per heavy atom. The summed E-state index contributed by atoms with van der Waals surface area (Å²) in [5.74, 6) is 5.88. The molecule has 0 radical (unpaired) electrons. The highest BCUT2D eigenvalue weighted by atomic mass is 32.2. The van der Waals surface area contributed by atoms with Crippen LogP contribution in [0.5, 0.6) is 0 Å². The summed E-state index contributed by atoms with van der Waals surface area (Å²) in [6.45, 7) is 0. The maximum atomic E-state index is 11.7. The number of amides is 1. The number of fused-ring (bicyclic) bond motifs is 2. The number of aliphatic imine (C=N–C) groups is 1. The largest absolute Gasteiger partial charge is 0.449 e. The Kier molecular flexibility index (Phi) is 2.38. The molecule has 0 aliphatic carbocycles. The number of nitrogens with zero attached hydrogens (tertiary/aromatic N) is 2. The van der Waals surface area contributed by atoms with Crippen LogP contribution in [0.3, 0.4) is 0 Å². The number of hydrazine groups is 1. The van der Waals surface area contributed by atoms with Gasteiger partial charge in [-0.2, -0.15) is 0 Å². The molecule has 1 atom stereocenters. The minimum atomic E-state index is -0.532. The molecule has 2 aliphatic rings. The molecule has 1 unspecified atom stereocenters. The van der Waals surface area contributed by atoms with Gasteiger partial charge in [-0.05, 0) is 18.2 Å². The van der Waals surface area contributed by atoms with Crippen molar-refractivity contribution < 1.29 is 4.79 Å². The van der Waals surface area contributed by atoms with Gasteiger partial charge < -0.3 is 4.57 Å². The molecule has 0 aromatic carbocycles. The van der Waals surface area contributed by atoms with E-state index in [1.54, 1.807) is 0 Å². The summed E-state index contributed by atoms with van der Waals surface area (Å²) in [4.78, 5) is 17.0. The molecule has 6 heteroatoms. The predicted octanol–water partition coefficient (Wildman–Crippen LogP) is 0.818. The van der Waals surface area contributed by atoms with E-state index in [0.717, 1.165) is 16.3 Å². The average molecular weight is 247 g/mol. The van der Waals surface area contributed by atoms with Crippen molar-refractivity contribution in [3.63, 3.8) is 0 Å². The number of rotatable bonds is 0. The molecule has 1 aromatic heterocycles. The molecule has 0 bridgehead atoms. The number of carbonyl (C=O) groups excluding carboxylic acids is 1. The second kappa shape index (κ2) is 3.90. The average Bonchev–Trinajstić information content (AvgIpc) is 2.91. The molecule has 1 amide bonds. The van der Waals surface area contributed by atoms with Gasteiger partial charge in [-0.3, -0.25) is 0 Å².